The van der Waals surface area contributed by atoms with Gasteiger partial charge in [-0.25, -0.2) is 10.8 Å². The van der Waals surface area contributed by atoms with Gasteiger partial charge >= 0.3 is 0 Å². The van der Waals surface area contributed by atoms with Crippen LogP contribution in [0.1, 0.15) is 26.7 Å². The molecule has 0 aliphatic carbocycles. The molecule has 0 bridgehead atoms. The van der Waals surface area contributed by atoms with Crippen LogP contribution in [0, 0.1) is 0 Å². The fourth-order valence-electron chi connectivity index (χ4n) is 1.46. The van der Waals surface area contributed by atoms with Crippen molar-refractivity contribution in [3.63, 3.8) is 0 Å². The number of hydrazine groups is 1. The predicted molar refractivity (Wildman–Crippen MR) is 63.9 cm³/mol. The number of nitrogens with zero attached hydrogens (tertiary/aromatic N) is 2. The van der Waals surface area contributed by atoms with Crippen molar-refractivity contribution in [3.05, 3.63) is 12.4 Å². The van der Waals surface area contributed by atoms with Gasteiger partial charge in [-0.1, -0.05) is 13.8 Å². The van der Waals surface area contributed by atoms with Crippen LogP contribution in [0.4, 0.5) is 11.6 Å². The smallest absolute Gasteiger partial charge is 0.160 e. The van der Waals surface area contributed by atoms with Crippen LogP contribution in [0.2, 0.25) is 0 Å². The van der Waals surface area contributed by atoms with Crippen LogP contribution >= 0.6 is 0 Å². The molecule has 5 N–H and O–H groups in total. The summed E-state index contributed by atoms with van der Waals surface area (Å²) in [6, 6.07) is 0. The zero-order chi connectivity index (χ0) is 12.0. The topological polar surface area (TPSA) is 96.1 Å². The first-order chi connectivity index (χ1) is 7.69. The van der Waals surface area contributed by atoms with E-state index in [4.69, 9.17) is 5.84 Å². The number of hydrogen-bond acceptors (Lipinski definition) is 6. The average Bonchev–Trinajstić information content (AvgIpc) is 2.36. The Morgan fingerprint density at radius 2 is 1.94 bits per heavy atom. The molecule has 0 unspecified atom stereocenters. The zero-order valence-electron chi connectivity index (χ0n) is 9.70. The van der Waals surface area contributed by atoms with Crippen molar-refractivity contribution in [2.24, 2.45) is 5.84 Å². The Bertz CT molecular complexity index is 318. The molecule has 1 rings (SSSR count). The van der Waals surface area contributed by atoms with E-state index < -0.39 is 0 Å². The van der Waals surface area contributed by atoms with Gasteiger partial charge in [0.05, 0.1) is 24.5 Å². The molecule has 1 aromatic heterocycles. The maximum absolute atomic E-state index is 9.41. The van der Waals surface area contributed by atoms with Crippen LogP contribution in [-0.2, 0) is 0 Å². The Labute approximate surface area is 95.3 Å². The van der Waals surface area contributed by atoms with Crippen molar-refractivity contribution >= 4 is 11.6 Å². The van der Waals surface area contributed by atoms with Crippen LogP contribution < -0.4 is 16.6 Å². The number of nitrogens with one attached hydrogen (secondary N) is 2. The second-order valence-corrected chi connectivity index (χ2v) is 3.70. The second kappa shape index (κ2) is 5.62. The first kappa shape index (κ1) is 12.7. The van der Waals surface area contributed by atoms with Crippen LogP contribution in [0.3, 0.4) is 0 Å². The van der Waals surface area contributed by atoms with Gasteiger partial charge in [-0.2, -0.15) is 0 Å². The number of anilines is 2. The highest BCUT2D eigenvalue weighted by Gasteiger charge is 2.25. The lowest BCUT2D eigenvalue weighted by molar-refractivity contribution is 0.202. The van der Waals surface area contributed by atoms with Gasteiger partial charge in [-0.05, 0) is 12.8 Å². The monoisotopic (exact) mass is 225 g/mol. The summed E-state index contributed by atoms with van der Waals surface area (Å²) in [5.41, 5.74) is 2.09. The molecule has 0 spiro atoms. The maximum atomic E-state index is 9.41. The maximum Gasteiger partial charge on any atom is 0.160 e. The fraction of sp³-hybridized carbons (Fsp3) is 0.600. The van der Waals surface area contributed by atoms with Gasteiger partial charge in [0, 0.05) is 0 Å². The summed E-state index contributed by atoms with van der Waals surface area (Å²) in [7, 11) is 0. The van der Waals surface area contributed by atoms with Crippen LogP contribution in [-0.4, -0.2) is 27.2 Å². The number of hydrogen-bond donors (Lipinski definition) is 4. The Hall–Kier alpha value is -1.40. The summed E-state index contributed by atoms with van der Waals surface area (Å²) in [6.07, 6.45) is 4.75. The lowest BCUT2D eigenvalue weighted by Crippen LogP contribution is -2.41. The molecule has 0 radical (unpaired) electrons. The number of aliphatic hydroxyl groups excluding tert-OH is 1. The summed E-state index contributed by atoms with van der Waals surface area (Å²) < 4.78 is 0. The van der Waals surface area contributed by atoms with Crippen molar-refractivity contribution in [2.75, 3.05) is 17.3 Å². The average molecular weight is 225 g/mol. The lowest BCUT2D eigenvalue weighted by atomic mass is 9.94. The molecule has 0 aliphatic heterocycles. The minimum Gasteiger partial charge on any atom is -0.394 e. The van der Waals surface area contributed by atoms with Gasteiger partial charge in [0.15, 0.2) is 5.82 Å². The summed E-state index contributed by atoms with van der Waals surface area (Å²) in [5, 5.41) is 12.6. The van der Waals surface area contributed by atoms with Crippen LogP contribution in [0.5, 0.6) is 0 Å². The van der Waals surface area contributed by atoms with Crippen LogP contribution in [0.25, 0.3) is 0 Å². The van der Waals surface area contributed by atoms with Gasteiger partial charge in [0.25, 0.3) is 0 Å². The molecule has 0 aliphatic rings. The standard InChI is InChI=1S/C10H19N5O/c1-3-10(4-2,7-16)14-8-5-12-6-9(13-8)15-11/h5-6,16H,3-4,7,11H2,1-2H3,(H2,13,14,15). The van der Waals surface area contributed by atoms with Crippen molar-refractivity contribution < 1.29 is 5.11 Å². The van der Waals surface area contributed by atoms with E-state index in [1.807, 2.05) is 13.8 Å². The molecule has 16 heavy (non-hydrogen) atoms. The van der Waals surface area contributed by atoms with Crippen molar-refractivity contribution in [1.82, 2.24) is 9.97 Å². The SMILES string of the molecule is CCC(CC)(CO)Nc1cncc(NN)n1. The number of nitrogen functional groups attached to an aromatic ring is 1. The molecule has 90 valence electrons. The van der Waals surface area contributed by atoms with Gasteiger partial charge in [0.2, 0.25) is 0 Å². The summed E-state index contributed by atoms with van der Waals surface area (Å²) in [6.45, 7) is 4.10. The van der Waals surface area contributed by atoms with Gasteiger partial charge in [0.1, 0.15) is 5.82 Å². The second-order valence-electron chi connectivity index (χ2n) is 3.70. The number of aromatic nitrogens is 2. The Morgan fingerprint density at radius 1 is 1.31 bits per heavy atom. The third-order valence-corrected chi connectivity index (χ3v) is 2.83. The van der Waals surface area contributed by atoms with Crippen LogP contribution in [0.15, 0.2) is 12.4 Å². The first-order valence-corrected chi connectivity index (χ1v) is 5.37. The van der Waals surface area contributed by atoms with Gasteiger partial charge in [-0.3, -0.25) is 4.98 Å². The molecular weight excluding hydrogens is 206 g/mol. The highest BCUT2D eigenvalue weighted by Crippen LogP contribution is 2.20. The third kappa shape index (κ3) is 2.80. The van der Waals surface area contributed by atoms with Crippen molar-refractivity contribution in [3.8, 4) is 0 Å². The number of nitrogens with two attached hydrogens (primary N) is 1. The lowest BCUT2D eigenvalue weighted by Gasteiger charge is -2.31. The van der Waals surface area contributed by atoms with E-state index >= 15 is 0 Å². The molecular formula is C10H19N5O. The highest BCUT2D eigenvalue weighted by atomic mass is 16.3. The normalized spacial score (nSPS) is 11.2. The molecule has 0 aromatic carbocycles. The Kier molecular flexibility index (Phi) is 4.45. The largest absolute Gasteiger partial charge is 0.394 e. The quantitative estimate of drug-likeness (QED) is 0.421. The molecule has 0 atom stereocenters. The summed E-state index contributed by atoms with van der Waals surface area (Å²) in [5.74, 6) is 6.34. The summed E-state index contributed by atoms with van der Waals surface area (Å²) >= 11 is 0. The van der Waals surface area contributed by atoms with E-state index in [2.05, 4.69) is 20.7 Å². The molecule has 0 saturated heterocycles. The molecule has 1 aromatic rings. The molecule has 6 heteroatoms. The van der Waals surface area contributed by atoms with Crippen molar-refractivity contribution in [1.29, 1.82) is 0 Å². The Morgan fingerprint density at radius 3 is 2.44 bits per heavy atom. The minimum atomic E-state index is -0.345. The molecule has 0 saturated carbocycles. The number of rotatable bonds is 6. The summed E-state index contributed by atoms with van der Waals surface area (Å²) in [4.78, 5) is 8.19. The van der Waals surface area contributed by atoms with E-state index in [9.17, 15) is 5.11 Å². The van der Waals surface area contributed by atoms with E-state index in [1.54, 1.807) is 6.20 Å². The Balaban J connectivity index is 2.84. The van der Waals surface area contributed by atoms with E-state index in [0.717, 1.165) is 12.8 Å². The molecule has 6 nitrogen and oxygen atoms in total. The molecule has 0 fully saturated rings. The van der Waals surface area contributed by atoms with Gasteiger partial charge in [-0.15, -0.1) is 0 Å². The van der Waals surface area contributed by atoms with E-state index in [1.165, 1.54) is 6.20 Å². The molecule has 0 amide bonds. The predicted octanol–water partition coefficient (Wildman–Crippen LogP) is 0.725. The van der Waals surface area contributed by atoms with Crippen molar-refractivity contribution in [2.45, 2.75) is 32.2 Å². The highest BCUT2D eigenvalue weighted by molar-refractivity contribution is 5.42. The van der Waals surface area contributed by atoms with Gasteiger partial charge < -0.3 is 15.8 Å². The van der Waals surface area contributed by atoms with E-state index in [-0.39, 0.29) is 12.1 Å². The molecule has 1 heterocycles. The number of aliphatic hydroxyl groups is 1. The minimum absolute atomic E-state index is 0.0575. The van der Waals surface area contributed by atoms with E-state index in [0.29, 0.717) is 11.6 Å². The fourth-order valence-corrected chi connectivity index (χ4v) is 1.46. The first-order valence-electron chi connectivity index (χ1n) is 5.37. The third-order valence-electron chi connectivity index (χ3n) is 2.83. The zero-order valence-corrected chi connectivity index (χ0v) is 9.70.